The maximum Gasteiger partial charge on any atom is 0.247 e. The number of para-hydroxylation sites is 1. The number of amides is 1. The van der Waals surface area contributed by atoms with Gasteiger partial charge < -0.3 is 10.6 Å². The van der Waals surface area contributed by atoms with Gasteiger partial charge in [-0.1, -0.05) is 41.4 Å². The topological polar surface area (TPSA) is 90.4 Å². The van der Waals surface area contributed by atoms with Crippen molar-refractivity contribution in [2.75, 3.05) is 16.8 Å². The van der Waals surface area contributed by atoms with E-state index < -0.39 is 5.41 Å². The number of halogens is 2. The summed E-state index contributed by atoms with van der Waals surface area (Å²) in [5.41, 5.74) is 7.74. The van der Waals surface area contributed by atoms with Gasteiger partial charge in [0.25, 0.3) is 0 Å². The fraction of sp³-hybridized carbons (Fsp3) is 0.208. The quantitative estimate of drug-likeness (QED) is 0.673. The fourth-order valence-corrected chi connectivity index (χ4v) is 5.67. The number of allylic oxidation sites excluding steroid dienone is 1. The number of hydrogen-bond acceptors (Lipinski definition) is 5. The van der Waals surface area contributed by atoms with E-state index in [0.29, 0.717) is 57.5 Å². The van der Waals surface area contributed by atoms with Crippen LogP contribution in [0.1, 0.15) is 24.8 Å². The molecule has 32 heavy (non-hydrogen) atoms. The van der Waals surface area contributed by atoms with Gasteiger partial charge in [-0.15, -0.1) is 0 Å². The number of ketones is 1. The first-order valence-electron chi connectivity index (χ1n) is 10.1. The summed E-state index contributed by atoms with van der Waals surface area (Å²) in [4.78, 5) is 30.4. The first-order chi connectivity index (χ1) is 15.3. The Morgan fingerprint density at radius 2 is 1.84 bits per heavy atom. The van der Waals surface area contributed by atoms with Crippen LogP contribution in [0.25, 0.3) is 0 Å². The second kappa shape index (κ2) is 7.13. The number of hydrogen-bond donors (Lipinski definition) is 1. The third kappa shape index (κ3) is 2.46. The number of carbonyl (C=O) groups excluding carboxylic acids is 2. The Morgan fingerprint density at radius 3 is 2.56 bits per heavy atom. The van der Waals surface area contributed by atoms with Gasteiger partial charge in [-0.05, 0) is 37.1 Å². The van der Waals surface area contributed by atoms with E-state index >= 15 is 0 Å². The van der Waals surface area contributed by atoms with Crippen molar-refractivity contribution < 1.29 is 9.59 Å². The van der Waals surface area contributed by atoms with E-state index in [1.807, 2.05) is 12.1 Å². The molecule has 1 aliphatic carbocycles. The average molecular weight is 465 g/mol. The molecule has 1 spiro atoms. The van der Waals surface area contributed by atoms with Crippen LogP contribution in [0, 0.1) is 11.3 Å². The van der Waals surface area contributed by atoms with Gasteiger partial charge in [-0.2, -0.15) is 5.26 Å². The third-order valence-electron chi connectivity index (χ3n) is 6.46. The predicted octanol–water partition coefficient (Wildman–Crippen LogP) is 4.43. The number of Topliss-reactive ketones (excluding diaryl/α,β-unsaturated/α-hetero) is 1. The largest absolute Gasteiger partial charge is 0.384 e. The molecule has 0 saturated heterocycles. The zero-order valence-electron chi connectivity index (χ0n) is 17.2. The lowest BCUT2D eigenvalue weighted by Gasteiger charge is -2.44. The molecule has 2 aromatic rings. The minimum Gasteiger partial charge on any atom is -0.384 e. The van der Waals surface area contributed by atoms with E-state index in [4.69, 9.17) is 28.9 Å². The number of anilines is 2. The molecule has 0 fully saturated rings. The van der Waals surface area contributed by atoms with Crippen molar-refractivity contribution in [3.63, 3.8) is 0 Å². The highest BCUT2D eigenvalue weighted by molar-refractivity contribution is 6.36. The van der Waals surface area contributed by atoms with E-state index in [1.165, 1.54) is 4.90 Å². The monoisotopic (exact) mass is 464 g/mol. The molecule has 2 heterocycles. The van der Waals surface area contributed by atoms with Crippen molar-refractivity contribution in [2.24, 2.45) is 5.73 Å². The Bertz CT molecular complexity index is 1320. The molecule has 0 aromatic heterocycles. The van der Waals surface area contributed by atoms with Crippen LogP contribution in [0.15, 0.2) is 65.1 Å². The summed E-state index contributed by atoms with van der Waals surface area (Å²) in [5.74, 6) is -0.438. The van der Waals surface area contributed by atoms with Gasteiger partial charge >= 0.3 is 0 Å². The summed E-state index contributed by atoms with van der Waals surface area (Å²) in [5, 5.41) is 11.1. The zero-order chi connectivity index (χ0) is 22.8. The normalized spacial score (nSPS) is 22.4. The molecule has 0 radical (unpaired) electrons. The third-order valence-corrected chi connectivity index (χ3v) is 7.00. The number of rotatable bonds is 1. The molecule has 2 aliphatic heterocycles. The summed E-state index contributed by atoms with van der Waals surface area (Å²) < 4.78 is 0. The molecule has 0 unspecified atom stereocenters. The molecule has 3 aliphatic rings. The molecule has 5 rings (SSSR count). The highest BCUT2D eigenvalue weighted by Crippen LogP contribution is 2.56. The van der Waals surface area contributed by atoms with Crippen molar-refractivity contribution >= 4 is 46.3 Å². The molecular weight excluding hydrogens is 447 g/mol. The van der Waals surface area contributed by atoms with E-state index in [2.05, 4.69) is 6.07 Å². The standard InChI is InChI=1S/C24H18Cl2N4O2/c1-29-17-6-3-2-5-14(17)24(23(29)32)15(12-27)22(28)30(18-10-9-13(25)11-16(18)26)19-7-4-8-20(31)21(19)24/h2-3,5-6,9-11H,4,7-8,28H2,1H3/t24-/m0/s1. The van der Waals surface area contributed by atoms with Crippen molar-refractivity contribution in [1.82, 2.24) is 0 Å². The first kappa shape index (κ1) is 20.6. The van der Waals surface area contributed by atoms with Crippen LogP contribution in [0.4, 0.5) is 11.4 Å². The maximum absolute atomic E-state index is 13.8. The van der Waals surface area contributed by atoms with Crippen LogP contribution in [-0.4, -0.2) is 18.7 Å². The molecule has 1 amide bonds. The second-order valence-corrected chi connectivity index (χ2v) is 8.88. The van der Waals surface area contributed by atoms with Crippen LogP contribution in [0.3, 0.4) is 0 Å². The van der Waals surface area contributed by atoms with Crippen LogP contribution in [0.2, 0.25) is 10.0 Å². The summed E-state index contributed by atoms with van der Waals surface area (Å²) in [7, 11) is 1.65. The number of nitrogens with two attached hydrogens (primary N) is 1. The lowest BCUT2D eigenvalue weighted by molar-refractivity contribution is -0.124. The molecule has 2 N–H and O–H groups in total. The van der Waals surface area contributed by atoms with Crippen LogP contribution < -0.4 is 15.5 Å². The minimum absolute atomic E-state index is 0.0271. The number of carbonyl (C=O) groups is 2. The molecule has 1 atom stereocenters. The zero-order valence-corrected chi connectivity index (χ0v) is 18.7. The van der Waals surface area contributed by atoms with Gasteiger partial charge in [0.1, 0.15) is 17.3 Å². The highest BCUT2D eigenvalue weighted by atomic mass is 35.5. The number of benzene rings is 2. The Morgan fingerprint density at radius 1 is 1.09 bits per heavy atom. The summed E-state index contributed by atoms with van der Waals surface area (Å²) in [6.07, 6.45) is 1.41. The number of likely N-dealkylation sites (N-methyl/N-ethyl adjacent to an activating group) is 1. The molecular formula is C24H18Cl2N4O2. The fourth-order valence-electron chi connectivity index (χ4n) is 5.17. The average Bonchev–Trinajstić information content (AvgIpc) is 2.98. The summed E-state index contributed by atoms with van der Waals surface area (Å²) in [6.45, 7) is 0. The number of nitriles is 1. The SMILES string of the molecule is CN1C(=O)[C@]2(C(C#N)=C(N)N(c3ccc(Cl)cc3Cl)C3=C2C(=O)CCC3)c2ccccc21. The molecule has 8 heteroatoms. The summed E-state index contributed by atoms with van der Waals surface area (Å²) in [6, 6.07) is 14.3. The van der Waals surface area contributed by atoms with E-state index in [9.17, 15) is 14.9 Å². The number of nitrogens with zero attached hydrogens (tertiary/aromatic N) is 3. The Labute approximate surface area is 195 Å². The minimum atomic E-state index is -1.56. The van der Waals surface area contributed by atoms with Crippen LogP contribution in [-0.2, 0) is 15.0 Å². The highest BCUT2D eigenvalue weighted by Gasteiger charge is 2.61. The van der Waals surface area contributed by atoms with E-state index in [-0.39, 0.29) is 23.1 Å². The van der Waals surface area contributed by atoms with Gasteiger partial charge in [-0.25, -0.2) is 0 Å². The Kier molecular flexibility index (Phi) is 4.59. The molecule has 2 aromatic carbocycles. The second-order valence-electron chi connectivity index (χ2n) is 8.03. The van der Waals surface area contributed by atoms with Crippen molar-refractivity contribution in [2.45, 2.75) is 24.7 Å². The first-order valence-corrected chi connectivity index (χ1v) is 10.9. The lowest BCUT2D eigenvalue weighted by Crippen LogP contribution is -2.52. The van der Waals surface area contributed by atoms with E-state index in [0.717, 1.165) is 0 Å². The van der Waals surface area contributed by atoms with Gasteiger partial charge in [0.15, 0.2) is 5.78 Å². The van der Waals surface area contributed by atoms with Gasteiger partial charge in [0.05, 0.1) is 16.3 Å². The van der Waals surface area contributed by atoms with Crippen molar-refractivity contribution in [1.29, 1.82) is 5.26 Å². The smallest absolute Gasteiger partial charge is 0.247 e. The Hall–Kier alpha value is -3.27. The van der Waals surface area contributed by atoms with E-state index in [1.54, 1.807) is 42.3 Å². The van der Waals surface area contributed by atoms with Crippen molar-refractivity contribution in [3.05, 3.63) is 80.7 Å². The van der Waals surface area contributed by atoms with Crippen LogP contribution >= 0.6 is 23.2 Å². The molecule has 160 valence electrons. The molecule has 6 nitrogen and oxygen atoms in total. The summed E-state index contributed by atoms with van der Waals surface area (Å²) >= 11 is 12.6. The van der Waals surface area contributed by atoms with Gasteiger partial charge in [-0.3, -0.25) is 14.5 Å². The lowest BCUT2D eigenvalue weighted by atomic mass is 9.64. The van der Waals surface area contributed by atoms with Crippen LogP contribution in [0.5, 0.6) is 0 Å². The Balaban J connectivity index is 1.91. The molecule has 0 saturated carbocycles. The predicted molar refractivity (Wildman–Crippen MR) is 123 cm³/mol. The maximum atomic E-state index is 13.8. The number of fused-ring (bicyclic) bond motifs is 3. The van der Waals surface area contributed by atoms with Gasteiger partial charge in [0, 0.05) is 41.0 Å². The van der Waals surface area contributed by atoms with Gasteiger partial charge in [0.2, 0.25) is 5.91 Å². The molecule has 0 bridgehead atoms. The van der Waals surface area contributed by atoms with Crippen molar-refractivity contribution in [3.8, 4) is 6.07 Å².